The third-order valence-electron chi connectivity index (χ3n) is 4.76. The van der Waals surface area contributed by atoms with Crippen molar-refractivity contribution in [2.45, 2.75) is 6.04 Å². The standard InChI is InChI=1S/C21H17N3O3S/c1-23(21(25)14-8-10-15(11-9-14)24(26)27)20(19-7-4-12-28-19)17-13-22-18-6-3-2-5-16(17)18/h2-13,20,22H,1H3/t20-/m1/s1. The summed E-state index contributed by atoms with van der Waals surface area (Å²) in [6.45, 7) is 0. The molecule has 0 aliphatic carbocycles. The lowest BCUT2D eigenvalue weighted by Crippen LogP contribution is -2.31. The van der Waals surface area contributed by atoms with E-state index in [9.17, 15) is 14.9 Å². The molecule has 28 heavy (non-hydrogen) atoms. The van der Waals surface area contributed by atoms with Gasteiger partial charge in [0, 0.05) is 52.3 Å². The fourth-order valence-corrected chi connectivity index (χ4v) is 4.25. The highest BCUT2D eigenvalue weighted by atomic mass is 32.1. The highest BCUT2D eigenvalue weighted by Gasteiger charge is 2.27. The van der Waals surface area contributed by atoms with Crippen molar-refractivity contribution in [1.82, 2.24) is 9.88 Å². The summed E-state index contributed by atoms with van der Waals surface area (Å²) in [5.74, 6) is -0.196. The Balaban J connectivity index is 1.74. The number of benzene rings is 2. The third-order valence-corrected chi connectivity index (χ3v) is 5.69. The minimum absolute atomic E-state index is 0.0364. The van der Waals surface area contributed by atoms with E-state index in [-0.39, 0.29) is 17.6 Å². The number of rotatable bonds is 5. The lowest BCUT2D eigenvalue weighted by Gasteiger charge is -2.27. The van der Waals surface area contributed by atoms with Gasteiger partial charge in [-0.1, -0.05) is 24.3 Å². The Morgan fingerprint density at radius 3 is 2.54 bits per heavy atom. The summed E-state index contributed by atoms with van der Waals surface area (Å²) in [6.07, 6.45) is 1.94. The summed E-state index contributed by atoms with van der Waals surface area (Å²) >= 11 is 1.59. The van der Waals surface area contributed by atoms with Gasteiger partial charge in [0.05, 0.1) is 11.0 Å². The van der Waals surface area contributed by atoms with Crippen molar-refractivity contribution in [2.75, 3.05) is 7.05 Å². The Labute approximate surface area is 165 Å². The van der Waals surface area contributed by atoms with Gasteiger partial charge in [0.15, 0.2) is 0 Å². The summed E-state index contributed by atoms with van der Waals surface area (Å²) in [6, 6.07) is 17.4. The number of thiophene rings is 1. The Morgan fingerprint density at radius 1 is 1.11 bits per heavy atom. The fourth-order valence-electron chi connectivity index (χ4n) is 3.37. The van der Waals surface area contributed by atoms with Gasteiger partial charge < -0.3 is 9.88 Å². The molecule has 0 saturated heterocycles. The van der Waals surface area contributed by atoms with Crippen molar-refractivity contribution >= 4 is 33.8 Å². The number of hydrogen-bond acceptors (Lipinski definition) is 4. The van der Waals surface area contributed by atoms with Crippen LogP contribution >= 0.6 is 11.3 Å². The number of nitrogens with one attached hydrogen (secondary N) is 1. The monoisotopic (exact) mass is 391 g/mol. The topological polar surface area (TPSA) is 79.2 Å². The molecule has 1 amide bonds. The number of aromatic nitrogens is 1. The molecule has 1 atom stereocenters. The van der Waals surface area contributed by atoms with Crippen LogP contribution in [0.5, 0.6) is 0 Å². The first-order chi connectivity index (χ1) is 13.6. The van der Waals surface area contributed by atoms with Crippen molar-refractivity contribution in [1.29, 1.82) is 0 Å². The van der Waals surface area contributed by atoms with E-state index in [1.165, 1.54) is 24.3 Å². The van der Waals surface area contributed by atoms with Gasteiger partial charge in [-0.25, -0.2) is 0 Å². The molecule has 4 aromatic rings. The minimum Gasteiger partial charge on any atom is -0.361 e. The van der Waals surface area contributed by atoms with Crippen LogP contribution in [0.15, 0.2) is 72.2 Å². The van der Waals surface area contributed by atoms with E-state index >= 15 is 0 Å². The normalized spacial score (nSPS) is 12.0. The summed E-state index contributed by atoms with van der Waals surface area (Å²) in [7, 11) is 1.76. The highest BCUT2D eigenvalue weighted by Crippen LogP contribution is 2.36. The number of fused-ring (bicyclic) bond motifs is 1. The second kappa shape index (κ2) is 7.28. The number of nitro benzene ring substituents is 1. The van der Waals surface area contributed by atoms with Gasteiger partial charge in [-0.15, -0.1) is 11.3 Å². The van der Waals surface area contributed by atoms with Gasteiger partial charge in [-0.3, -0.25) is 14.9 Å². The number of para-hydroxylation sites is 1. The molecule has 2 aromatic heterocycles. The average molecular weight is 391 g/mol. The number of non-ortho nitro benzene ring substituents is 1. The summed E-state index contributed by atoms with van der Waals surface area (Å²) < 4.78 is 0. The number of carbonyl (C=O) groups is 1. The molecule has 140 valence electrons. The van der Waals surface area contributed by atoms with Crippen molar-refractivity contribution in [3.05, 3.63) is 98.4 Å². The highest BCUT2D eigenvalue weighted by molar-refractivity contribution is 7.10. The first kappa shape index (κ1) is 17.9. The van der Waals surface area contributed by atoms with E-state index in [0.717, 1.165) is 21.3 Å². The number of amides is 1. The molecule has 0 fully saturated rings. The minimum atomic E-state index is -0.474. The van der Waals surface area contributed by atoms with Gasteiger partial charge in [0.1, 0.15) is 0 Å². The van der Waals surface area contributed by atoms with Gasteiger partial charge in [0.25, 0.3) is 11.6 Å². The summed E-state index contributed by atoms with van der Waals surface area (Å²) in [5.41, 5.74) is 2.39. The molecule has 1 N–H and O–H groups in total. The quantitative estimate of drug-likeness (QED) is 0.384. The van der Waals surface area contributed by atoms with Crippen LogP contribution in [0.25, 0.3) is 10.9 Å². The molecule has 0 aliphatic rings. The molecule has 0 spiro atoms. The average Bonchev–Trinajstić information content (AvgIpc) is 3.39. The molecule has 0 unspecified atom stereocenters. The van der Waals surface area contributed by atoms with E-state index in [1.54, 1.807) is 23.3 Å². The van der Waals surface area contributed by atoms with Gasteiger partial charge >= 0.3 is 0 Å². The molecule has 6 nitrogen and oxygen atoms in total. The van der Waals surface area contributed by atoms with Crippen LogP contribution in [0.1, 0.15) is 26.8 Å². The molecule has 4 rings (SSSR count). The molecule has 0 aliphatic heterocycles. The predicted molar refractivity (Wildman–Crippen MR) is 110 cm³/mol. The SMILES string of the molecule is CN(C(=O)c1ccc([N+](=O)[O-])cc1)[C@@H](c1cccs1)c1c[nH]c2ccccc12. The lowest BCUT2D eigenvalue weighted by molar-refractivity contribution is -0.384. The Bertz CT molecular complexity index is 1130. The number of nitro groups is 1. The maximum Gasteiger partial charge on any atom is 0.269 e. The maximum absolute atomic E-state index is 13.1. The first-order valence-electron chi connectivity index (χ1n) is 8.67. The van der Waals surface area contributed by atoms with E-state index in [0.29, 0.717) is 5.56 Å². The maximum atomic E-state index is 13.1. The van der Waals surface area contributed by atoms with Crippen molar-refractivity contribution < 1.29 is 9.72 Å². The summed E-state index contributed by atoms with van der Waals surface area (Å²) in [4.78, 5) is 29.5. The van der Waals surface area contributed by atoms with Crippen LogP contribution in [-0.4, -0.2) is 27.8 Å². The molecule has 2 heterocycles. The molecular weight excluding hydrogens is 374 g/mol. The Hall–Kier alpha value is -3.45. The predicted octanol–water partition coefficient (Wildman–Crippen LogP) is 5.00. The largest absolute Gasteiger partial charge is 0.361 e. The molecule has 7 heteroatoms. The zero-order valence-corrected chi connectivity index (χ0v) is 15.8. The number of nitrogens with zero attached hydrogens (tertiary/aromatic N) is 2. The second-order valence-corrected chi connectivity index (χ2v) is 7.41. The fraction of sp³-hybridized carbons (Fsp3) is 0.0952. The van der Waals surface area contributed by atoms with E-state index < -0.39 is 4.92 Å². The van der Waals surface area contributed by atoms with E-state index in [2.05, 4.69) is 4.98 Å². The smallest absolute Gasteiger partial charge is 0.269 e. The van der Waals surface area contributed by atoms with Crippen LogP contribution < -0.4 is 0 Å². The molecule has 0 radical (unpaired) electrons. The number of hydrogen-bond donors (Lipinski definition) is 1. The summed E-state index contributed by atoms with van der Waals surface area (Å²) in [5, 5.41) is 13.9. The van der Waals surface area contributed by atoms with Crippen LogP contribution in [0.3, 0.4) is 0 Å². The van der Waals surface area contributed by atoms with Crippen LogP contribution in [0.2, 0.25) is 0 Å². The Kier molecular flexibility index (Phi) is 4.67. The van der Waals surface area contributed by atoms with Crippen LogP contribution in [0.4, 0.5) is 5.69 Å². The second-order valence-electron chi connectivity index (χ2n) is 6.43. The Morgan fingerprint density at radius 2 is 1.86 bits per heavy atom. The van der Waals surface area contributed by atoms with Gasteiger partial charge in [0.2, 0.25) is 0 Å². The third kappa shape index (κ3) is 3.16. The van der Waals surface area contributed by atoms with Gasteiger partial charge in [-0.2, -0.15) is 0 Å². The van der Waals surface area contributed by atoms with Crippen molar-refractivity contribution in [3.8, 4) is 0 Å². The van der Waals surface area contributed by atoms with Crippen LogP contribution in [0, 0.1) is 10.1 Å². The van der Waals surface area contributed by atoms with Crippen LogP contribution in [-0.2, 0) is 0 Å². The first-order valence-corrected chi connectivity index (χ1v) is 9.55. The molecular formula is C21H17N3O3S. The number of H-pyrrole nitrogens is 1. The number of carbonyl (C=O) groups excluding carboxylic acids is 1. The number of aromatic amines is 1. The zero-order chi connectivity index (χ0) is 19.7. The molecule has 2 aromatic carbocycles. The molecule has 0 saturated carbocycles. The molecule has 0 bridgehead atoms. The van der Waals surface area contributed by atoms with E-state index in [1.807, 2.05) is 48.0 Å². The van der Waals surface area contributed by atoms with Crippen molar-refractivity contribution in [3.63, 3.8) is 0 Å². The van der Waals surface area contributed by atoms with Gasteiger partial charge in [-0.05, 0) is 29.6 Å². The van der Waals surface area contributed by atoms with Crippen molar-refractivity contribution in [2.24, 2.45) is 0 Å². The van der Waals surface area contributed by atoms with E-state index in [4.69, 9.17) is 0 Å². The zero-order valence-electron chi connectivity index (χ0n) is 15.0. The lowest BCUT2D eigenvalue weighted by atomic mass is 10.0.